The molecule has 0 radical (unpaired) electrons. The zero-order valence-corrected chi connectivity index (χ0v) is 18.5. The molecule has 1 heterocycles. The Morgan fingerprint density at radius 3 is 2.72 bits per heavy atom. The number of hydrogen-bond acceptors (Lipinski definition) is 3. The van der Waals surface area contributed by atoms with Crippen LogP contribution in [0.15, 0.2) is 11.6 Å². The molecular formula is C26H39NO2. The molecule has 0 aromatic rings. The van der Waals surface area contributed by atoms with Crippen LogP contribution in [0.3, 0.4) is 0 Å². The van der Waals surface area contributed by atoms with Gasteiger partial charge in [-0.15, -0.1) is 0 Å². The number of hydrogen-bond donors (Lipinski definition) is 0. The Kier molecular flexibility index (Phi) is 5.32. The Labute approximate surface area is 177 Å². The Balaban J connectivity index is 1.29. The van der Waals surface area contributed by atoms with Crippen LogP contribution in [0.4, 0.5) is 0 Å². The summed E-state index contributed by atoms with van der Waals surface area (Å²) < 4.78 is 12.3. The molecule has 5 fully saturated rings. The van der Waals surface area contributed by atoms with E-state index >= 15 is 0 Å². The van der Waals surface area contributed by atoms with Crippen molar-refractivity contribution in [1.29, 1.82) is 5.26 Å². The van der Waals surface area contributed by atoms with Crippen LogP contribution in [0, 0.1) is 45.8 Å². The molecule has 0 amide bonds. The van der Waals surface area contributed by atoms with E-state index in [1.807, 2.05) is 6.08 Å². The molecule has 1 aliphatic heterocycles. The van der Waals surface area contributed by atoms with Crippen molar-refractivity contribution in [3.05, 3.63) is 11.6 Å². The average Bonchev–Trinajstić information content (AvgIpc) is 3.06. The quantitative estimate of drug-likeness (QED) is 0.400. The summed E-state index contributed by atoms with van der Waals surface area (Å²) in [5.74, 6) is 3.39. The summed E-state index contributed by atoms with van der Waals surface area (Å²) in [6.07, 6.45) is 17.6. The first-order chi connectivity index (χ1) is 14.0. The van der Waals surface area contributed by atoms with Crippen molar-refractivity contribution < 1.29 is 9.47 Å². The number of ether oxygens (including phenoxy) is 2. The van der Waals surface area contributed by atoms with Gasteiger partial charge in [0.15, 0.2) is 6.29 Å². The zero-order chi connectivity index (χ0) is 20.1. The minimum atomic E-state index is 0.0636. The third-order valence-corrected chi connectivity index (χ3v) is 10.2. The summed E-state index contributed by atoms with van der Waals surface area (Å²) in [5, 5.41) is 9.25. The predicted molar refractivity (Wildman–Crippen MR) is 114 cm³/mol. The fourth-order valence-corrected chi connectivity index (χ4v) is 8.54. The molecule has 1 saturated heterocycles. The van der Waals surface area contributed by atoms with Gasteiger partial charge in [-0.1, -0.05) is 19.4 Å². The molecule has 0 N–H and O–H groups in total. The average molecular weight is 398 g/mol. The monoisotopic (exact) mass is 397 g/mol. The first-order valence-corrected chi connectivity index (χ1v) is 12.4. The number of nitrogens with zero attached hydrogens (tertiary/aromatic N) is 1. The third-order valence-electron chi connectivity index (χ3n) is 10.2. The molecule has 3 nitrogen and oxygen atoms in total. The molecule has 29 heavy (non-hydrogen) atoms. The van der Waals surface area contributed by atoms with Gasteiger partial charge in [-0.2, -0.15) is 5.26 Å². The zero-order valence-electron chi connectivity index (χ0n) is 18.5. The van der Waals surface area contributed by atoms with E-state index in [1.165, 1.54) is 69.8 Å². The summed E-state index contributed by atoms with van der Waals surface area (Å²) in [6.45, 7) is 5.99. The minimum Gasteiger partial charge on any atom is -0.353 e. The van der Waals surface area contributed by atoms with E-state index in [2.05, 4.69) is 19.9 Å². The van der Waals surface area contributed by atoms with Crippen molar-refractivity contribution in [2.75, 3.05) is 6.61 Å². The number of nitriles is 1. The summed E-state index contributed by atoms with van der Waals surface area (Å²) in [5.41, 5.74) is 2.26. The van der Waals surface area contributed by atoms with E-state index in [4.69, 9.17) is 9.47 Å². The molecule has 8 atom stereocenters. The topological polar surface area (TPSA) is 42.2 Å². The maximum Gasteiger partial charge on any atom is 0.157 e. The minimum absolute atomic E-state index is 0.0636. The van der Waals surface area contributed by atoms with Gasteiger partial charge in [0.25, 0.3) is 0 Å². The van der Waals surface area contributed by atoms with Gasteiger partial charge in [0.1, 0.15) is 0 Å². The molecule has 0 bridgehead atoms. The van der Waals surface area contributed by atoms with Crippen molar-refractivity contribution >= 4 is 0 Å². The van der Waals surface area contributed by atoms with Gasteiger partial charge in [0, 0.05) is 12.7 Å². The highest BCUT2D eigenvalue weighted by atomic mass is 16.7. The first-order valence-electron chi connectivity index (χ1n) is 12.4. The fraction of sp³-hybridized carbons (Fsp3) is 0.885. The van der Waals surface area contributed by atoms with Crippen LogP contribution in [0.5, 0.6) is 0 Å². The Morgan fingerprint density at radius 1 is 1.03 bits per heavy atom. The van der Waals surface area contributed by atoms with Gasteiger partial charge in [-0.25, -0.2) is 0 Å². The molecule has 4 saturated carbocycles. The third kappa shape index (κ3) is 3.30. The number of allylic oxidation sites excluding steroid dienone is 2. The Hall–Kier alpha value is -0.850. The van der Waals surface area contributed by atoms with E-state index in [-0.39, 0.29) is 6.29 Å². The van der Waals surface area contributed by atoms with Crippen molar-refractivity contribution in [2.24, 2.45) is 34.5 Å². The highest BCUT2D eigenvalue weighted by Crippen LogP contribution is 2.67. The number of fused-ring (bicyclic) bond motifs is 5. The van der Waals surface area contributed by atoms with Gasteiger partial charge >= 0.3 is 0 Å². The molecule has 5 rings (SSSR count). The smallest absolute Gasteiger partial charge is 0.157 e. The summed E-state index contributed by atoms with van der Waals surface area (Å²) in [6, 6.07) is 2.34. The van der Waals surface area contributed by atoms with Gasteiger partial charge in [0.05, 0.1) is 12.2 Å². The Bertz CT molecular complexity index is 689. The van der Waals surface area contributed by atoms with Crippen LogP contribution in [-0.4, -0.2) is 19.0 Å². The molecule has 0 aromatic heterocycles. The van der Waals surface area contributed by atoms with Gasteiger partial charge < -0.3 is 9.47 Å². The van der Waals surface area contributed by atoms with Gasteiger partial charge in [-0.3, -0.25) is 0 Å². The summed E-state index contributed by atoms with van der Waals surface area (Å²) >= 11 is 0. The van der Waals surface area contributed by atoms with Crippen LogP contribution < -0.4 is 0 Å². The number of rotatable bonds is 2. The fourth-order valence-electron chi connectivity index (χ4n) is 8.54. The molecule has 4 aliphatic carbocycles. The lowest BCUT2D eigenvalue weighted by molar-refractivity contribution is -0.211. The predicted octanol–water partition coefficient (Wildman–Crippen LogP) is 6.39. The van der Waals surface area contributed by atoms with Crippen molar-refractivity contribution in [3.63, 3.8) is 0 Å². The maximum absolute atomic E-state index is 9.25. The SMILES string of the molecule is CC12CCC3C(CCC4CC(OC5CCCCO5)CCC43C)C1CC/C2=C\C#N. The van der Waals surface area contributed by atoms with E-state index in [1.54, 1.807) is 0 Å². The molecule has 3 heteroatoms. The molecule has 5 aliphatic rings. The first kappa shape index (κ1) is 20.1. The van der Waals surface area contributed by atoms with Crippen LogP contribution in [-0.2, 0) is 9.47 Å². The second-order valence-corrected chi connectivity index (χ2v) is 11.3. The maximum atomic E-state index is 9.25. The lowest BCUT2D eigenvalue weighted by Gasteiger charge is -2.60. The largest absolute Gasteiger partial charge is 0.353 e. The summed E-state index contributed by atoms with van der Waals surface area (Å²) in [7, 11) is 0. The molecule has 0 spiro atoms. The van der Waals surface area contributed by atoms with Gasteiger partial charge in [0.2, 0.25) is 0 Å². The normalized spacial score (nSPS) is 51.0. The van der Waals surface area contributed by atoms with Crippen LogP contribution in [0.1, 0.15) is 90.9 Å². The van der Waals surface area contributed by atoms with Crippen LogP contribution >= 0.6 is 0 Å². The van der Waals surface area contributed by atoms with E-state index in [0.29, 0.717) is 16.9 Å². The van der Waals surface area contributed by atoms with Crippen LogP contribution in [0.25, 0.3) is 0 Å². The Morgan fingerprint density at radius 2 is 1.93 bits per heavy atom. The van der Waals surface area contributed by atoms with E-state index in [0.717, 1.165) is 43.1 Å². The van der Waals surface area contributed by atoms with E-state index in [9.17, 15) is 5.26 Å². The highest BCUT2D eigenvalue weighted by molar-refractivity contribution is 5.28. The second kappa shape index (κ2) is 7.69. The van der Waals surface area contributed by atoms with Crippen molar-refractivity contribution in [3.8, 4) is 6.07 Å². The lowest BCUT2D eigenvalue weighted by Crippen LogP contribution is -2.53. The van der Waals surface area contributed by atoms with Crippen LogP contribution in [0.2, 0.25) is 0 Å². The van der Waals surface area contributed by atoms with Crippen molar-refractivity contribution in [2.45, 2.75) is 103 Å². The molecule has 8 unspecified atom stereocenters. The molecule has 0 aromatic carbocycles. The lowest BCUT2D eigenvalue weighted by atomic mass is 9.45. The van der Waals surface area contributed by atoms with Crippen molar-refractivity contribution in [1.82, 2.24) is 0 Å². The van der Waals surface area contributed by atoms with Gasteiger partial charge in [-0.05, 0) is 112 Å². The standard InChI is InChI=1S/C26H39NO2/c1-25-14-11-23-21(22(25)9-7-18(25)12-15-27)8-6-19-17-20(10-13-26(19,23)2)29-24-5-3-4-16-28-24/h12,19-24H,3-11,13-14,16-17H2,1-2H3/b18-12+. The molecular weight excluding hydrogens is 358 g/mol. The molecule has 160 valence electrons. The summed E-state index contributed by atoms with van der Waals surface area (Å²) in [4.78, 5) is 0. The second-order valence-electron chi connectivity index (χ2n) is 11.3. The van der Waals surface area contributed by atoms with E-state index < -0.39 is 0 Å². The highest BCUT2D eigenvalue weighted by Gasteiger charge is 2.59.